The van der Waals surface area contributed by atoms with Crippen molar-refractivity contribution >= 4 is 21.9 Å². The summed E-state index contributed by atoms with van der Waals surface area (Å²) < 4.78 is 5.98. The molecule has 2 rings (SSSR count). The van der Waals surface area contributed by atoms with E-state index in [0.717, 1.165) is 23.9 Å². The molecule has 0 spiro atoms. The molecule has 1 aromatic rings. The van der Waals surface area contributed by atoms with Crippen molar-refractivity contribution in [1.82, 2.24) is 5.32 Å². The Morgan fingerprint density at radius 2 is 2.28 bits per heavy atom. The first kappa shape index (κ1) is 13.6. The molecule has 18 heavy (non-hydrogen) atoms. The minimum absolute atomic E-state index is 0.169. The first-order valence-electron chi connectivity index (χ1n) is 6.12. The van der Waals surface area contributed by atoms with Crippen molar-refractivity contribution in [3.8, 4) is 0 Å². The molecule has 1 saturated heterocycles. The number of carbonyl (C=O) groups excluding carboxylic acids is 1. The Kier molecular flexibility index (Phi) is 4.07. The zero-order valence-electron chi connectivity index (χ0n) is 10.7. The number of hydrogen-bond acceptors (Lipinski definition) is 3. The van der Waals surface area contributed by atoms with Crippen LogP contribution in [0.1, 0.15) is 18.9 Å². The topological polar surface area (TPSA) is 38.3 Å². The molecule has 1 aromatic carbocycles. The molecule has 0 saturated carbocycles. The average molecular weight is 312 g/mol. The smallest absolute Gasteiger partial charge is 0.325 e. The number of hydrogen-bond donors (Lipinski definition) is 1. The predicted molar refractivity (Wildman–Crippen MR) is 74.4 cm³/mol. The van der Waals surface area contributed by atoms with Crippen LogP contribution in [0.2, 0.25) is 0 Å². The van der Waals surface area contributed by atoms with Gasteiger partial charge in [0.25, 0.3) is 0 Å². The summed E-state index contributed by atoms with van der Waals surface area (Å²) in [5.41, 5.74) is 0.763. The van der Waals surface area contributed by atoms with Gasteiger partial charge in [-0.3, -0.25) is 4.79 Å². The van der Waals surface area contributed by atoms with Crippen LogP contribution in [0.5, 0.6) is 0 Å². The van der Waals surface area contributed by atoms with E-state index >= 15 is 0 Å². The van der Waals surface area contributed by atoms with E-state index in [-0.39, 0.29) is 5.97 Å². The molecule has 1 fully saturated rings. The molecule has 0 amide bonds. The van der Waals surface area contributed by atoms with Gasteiger partial charge in [0.05, 0.1) is 7.11 Å². The monoisotopic (exact) mass is 311 g/mol. The van der Waals surface area contributed by atoms with Crippen molar-refractivity contribution in [3.63, 3.8) is 0 Å². The van der Waals surface area contributed by atoms with E-state index in [0.29, 0.717) is 5.92 Å². The van der Waals surface area contributed by atoms with Crippen LogP contribution in [-0.2, 0) is 16.0 Å². The van der Waals surface area contributed by atoms with E-state index in [1.165, 1.54) is 12.7 Å². The average Bonchev–Trinajstić information content (AvgIpc) is 2.74. The van der Waals surface area contributed by atoms with Crippen molar-refractivity contribution in [2.75, 3.05) is 13.7 Å². The van der Waals surface area contributed by atoms with Crippen LogP contribution in [0.3, 0.4) is 0 Å². The Hall–Kier alpha value is -0.870. The number of esters is 1. The number of nitrogens with one attached hydrogen (secondary N) is 1. The van der Waals surface area contributed by atoms with Gasteiger partial charge < -0.3 is 10.1 Å². The van der Waals surface area contributed by atoms with Crippen molar-refractivity contribution in [2.45, 2.75) is 25.3 Å². The number of carbonyl (C=O) groups is 1. The molecule has 2 unspecified atom stereocenters. The fourth-order valence-electron chi connectivity index (χ4n) is 2.59. The molecular formula is C14H18BrNO2. The van der Waals surface area contributed by atoms with Gasteiger partial charge in [-0.25, -0.2) is 0 Å². The van der Waals surface area contributed by atoms with Crippen molar-refractivity contribution in [1.29, 1.82) is 0 Å². The van der Waals surface area contributed by atoms with Crippen LogP contribution in [0.25, 0.3) is 0 Å². The Morgan fingerprint density at radius 3 is 2.94 bits per heavy atom. The van der Waals surface area contributed by atoms with Crippen LogP contribution in [0.15, 0.2) is 28.7 Å². The van der Waals surface area contributed by atoms with Gasteiger partial charge in [-0.2, -0.15) is 0 Å². The van der Waals surface area contributed by atoms with Gasteiger partial charge in [-0.05, 0) is 43.9 Å². The highest BCUT2D eigenvalue weighted by atomic mass is 79.9. The lowest BCUT2D eigenvalue weighted by Crippen LogP contribution is -2.45. The first-order valence-corrected chi connectivity index (χ1v) is 6.91. The Labute approximate surface area is 116 Å². The van der Waals surface area contributed by atoms with E-state index in [1.807, 2.05) is 19.1 Å². The highest BCUT2D eigenvalue weighted by Gasteiger charge is 2.41. The largest absolute Gasteiger partial charge is 0.468 e. The van der Waals surface area contributed by atoms with E-state index < -0.39 is 5.54 Å². The molecule has 4 heteroatoms. The number of methoxy groups -OCH3 is 1. The minimum atomic E-state index is -0.527. The molecule has 0 aromatic heterocycles. The third-order valence-corrected chi connectivity index (χ3v) is 4.35. The van der Waals surface area contributed by atoms with Gasteiger partial charge in [-0.1, -0.05) is 34.1 Å². The Bertz CT molecular complexity index is 449. The number of rotatable bonds is 3. The zero-order valence-corrected chi connectivity index (χ0v) is 12.3. The number of halogens is 1. The summed E-state index contributed by atoms with van der Waals surface area (Å²) in [5, 5.41) is 3.28. The van der Waals surface area contributed by atoms with Crippen LogP contribution < -0.4 is 5.32 Å². The third kappa shape index (κ3) is 2.75. The second-order valence-electron chi connectivity index (χ2n) is 5.07. The lowest BCUT2D eigenvalue weighted by atomic mass is 9.91. The summed E-state index contributed by atoms with van der Waals surface area (Å²) in [6.45, 7) is 2.77. The summed E-state index contributed by atoms with van der Waals surface area (Å²) in [6.07, 6.45) is 1.79. The van der Waals surface area contributed by atoms with Gasteiger partial charge in [-0.15, -0.1) is 0 Å². The van der Waals surface area contributed by atoms with Gasteiger partial charge in [0.15, 0.2) is 0 Å². The highest BCUT2D eigenvalue weighted by Crippen LogP contribution is 2.29. The number of ether oxygens (including phenoxy) is 1. The summed E-state index contributed by atoms with van der Waals surface area (Å²) >= 11 is 3.56. The summed E-state index contributed by atoms with van der Waals surface area (Å²) in [6, 6.07) is 8.23. The molecule has 0 radical (unpaired) electrons. The van der Waals surface area contributed by atoms with E-state index in [1.54, 1.807) is 0 Å². The lowest BCUT2D eigenvalue weighted by molar-refractivity contribution is -0.147. The molecular weight excluding hydrogens is 294 g/mol. The normalized spacial score (nSPS) is 27.2. The quantitative estimate of drug-likeness (QED) is 0.872. The van der Waals surface area contributed by atoms with Gasteiger partial charge in [0.2, 0.25) is 0 Å². The van der Waals surface area contributed by atoms with Crippen molar-refractivity contribution < 1.29 is 9.53 Å². The maximum Gasteiger partial charge on any atom is 0.325 e. The maximum atomic E-state index is 11.7. The van der Waals surface area contributed by atoms with E-state index in [9.17, 15) is 4.79 Å². The molecule has 1 N–H and O–H groups in total. The minimum Gasteiger partial charge on any atom is -0.468 e. The molecule has 3 nitrogen and oxygen atoms in total. The van der Waals surface area contributed by atoms with Crippen molar-refractivity contribution in [3.05, 3.63) is 34.3 Å². The summed E-state index contributed by atoms with van der Waals surface area (Å²) in [5.74, 6) is 0.296. The van der Waals surface area contributed by atoms with Crippen molar-refractivity contribution in [2.24, 2.45) is 5.92 Å². The summed E-state index contributed by atoms with van der Waals surface area (Å²) in [4.78, 5) is 11.7. The first-order chi connectivity index (χ1) is 8.55. The maximum absolute atomic E-state index is 11.7. The molecule has 2 atom stereocenters. The lowest BCUT2D eigenvalue weighted by Gasteiger charge is -2.20. The van der Waals surface area contributed by atoms with Gasteiger partial charge in [0.1, 0.15) is 5.54 Å². The molecule has 98 valence electrons. The zero-order chi connectivity index (χ0) is 13.2. The third-order valence-electron chi connectivity index (χ3n) is 3.58. The Morgan fingerprint density at radius 1 is 1.56 bits per heavy atom. The fourth-order valence-corrected chi connectivity index (χ4v) is 3.04. The molecule has 0 aliphatic carbocycles. The van der Waals surface area contributed by atoms with Gasteiger partial charge in [0, 0.05) is 4.47 Å². The van der Waals surface area contributed by atoms with E-state index in [4.69, 9.17) is 4.74 Å². The standard InChI is InChI=1S/C14H18BrNO2/c1-14(13(17)18-2)8-10(9-16-14)7-11-5-3-4-6-12(11)15/h3-6,10,16H,7-9H2,1-2H3. The molecule has 1 heterocycles. The van der Waals surface area contributed by atoms with E-state index in [2.05, 4.69) is 33.4 Å². The Balaban J connectivity index is 2.02. The fraction of sp³-hybridized carbons (Fsp3) is 0.500. The SMILES string of the molecule is COC(=O)C1(C)CC(Cc2ccccc2Br)CN1. The number of benzene rings is 1. The van der Waals surface area contributed by atoms with Gasteiger partial charge >= 0.3 is 5.97 Å². The molecule has 1 aliphatic heterocycles. The summed E-state index contributed by atoms with van der Waals surface area (Å²) in [7, 11) is 1.44. The predicted octanol–water partition coefficient (Wildman–Crippen LogP) is 2.53. The van der Waals surface area contributed by atoms with Crippen LogP contribution in [-0.4, -0.2) is 25.2 Å². The second kappa shape index (κ2) is 5.41. The second-order valence-corrected chi connectivity index (χ2v) is 5.92. The van der Waals surface area contributed by atoms with Crippen LogP contribution in [0, 0.1) is 5.92 Å². The van der Waals surface area contributed by atoms with Crippen LogP contribution in [0.4, 0.5) is 0 Å². The molecule has 0 bridgehead atoms. The van der Waals surface area contributed by atoms with Crippen LogP contribution >= 0.6 is 15.9 Å². The highest BCUT2D eigenvalue weighted by molar-refractivity contribution is 9.10. The molecule has 1 aliphatic rings.